The highest BCUT2D eigenvalue weighted by molar-refractivity contribution is 7.07. The van der Waals surface area contributed by atoms with Gasteiger partial charge >= 0.3 is 0 Å². The van der Waals surface area contributed by atoms with Gasteiger partial charge in [-0.05, 0) is 38.3 Å². The first-order valence-corrected chi connectivity index (χ1v) is 7.13. The van der Waals surface area contributed by atoms with Gasteiger partial charge in [-0.2, -0.15) is 0 Å². The van der Waals surface area contributed by atoms with Crippen LogP contribution in [0.15, 0.2) is 10.9 Å². The van der Waals surface area contributed by atoms with Gasteiger partial charge in [0, 0.05) is 18.3 Å². The lowest BCUT2D eigenvalue weighted by molar-refractivity contribution is -0.121. The molecule has 7 heteroatoms. The fraction of sp³-hybridized carbons (Fsp3) is 0.667. The van der Waals surface area contributed by atoms with E-state index in [0.717, 1.165) is 44.1 Å². The summed E-state index contributed by atoms with van der Waals surface area (Å²) in [6.45, 7) is 3.04. The summed E-state index contributed by atoms with van der Waals surface area (Å²) in [6, 6.07) is 0. The molecule has 1 amide bonds. The van der Waals surface area contributed by atoms with Crippen molar-refractivity contribution < 1.29 is 4.79 Å². The van der Waals surface area contributed by atoms with E-state index in [4.69, 9.17) is 0 Å². The molecule has 2 heterocycles. The number of carbonyl (C=O) groups is 1. The summed E-state index contributed by atoms with van der Waals surface area (Å²) in [7, 11) is 0. The Morgan fingerprint density at radius 1 is 1.53 bits per heavy atom. The number of nitrogens with one attached hydrogen (secondary N) is 2. The van der Waals surface area contributed by atoms with E-state index in [0.29, 0.717) is 6.42 Å². The van der Waals surface area contributed by atoms with Crippen molar-refractivity contribution in [2.45, 2.75) is 25.7 Å². The highest BCUT2D eigenvalue weighted by Gasteiger charge is 2.13. The van der Waals surface area contributed by atoms with E-state index in [1.807, 2.05) is 5.38 Å². The van der Waals surface area contributed by atoms with Crippen molar-refractivity contribution in [3.63, 3.8) is 0 Å². The minimum Gasteiger partial charge on any atom is -0.356 e. The Labute approximate surface area is 130 Å². The molecular weight excluding hydrogens is 305 g/mol. The number of aryl methyl sites for hydroxylation is 1. The van der Waals surface area contributed by atoms with Crippen molar-refractivity contribution in [1.82, 2.24) is 15.6 Å². The second-order valence-electron chi connectivity index (χ2n) is 4.48. The van der Waals surface area contributed by atoms with Crippen molar-refractivity contribution >= 4 is 42.1 Å². The molecule has 2 rings (SSSR count). The standard InChI is InChI=1S/C12H19N3OS.2ClH/c16-12(2-1-11-8-17-9-15-11)14-6-4-10-3-5-13-7-10;;/h8-10,13H,1-7H2,(H,14,16);2*1H. The SMILES string of the molecule is Cl.Cl.O=C(CCc1cscn1)NCCC1CCNC1. The zero-order chi connectivity index (χ0) is 11.9. The molecule has 1 saturated heterocycles. The van der Waals surface area contributed by atoms with Crippen LogP contribution < -0.4 is 10.6 Å². The van der Waals surface area contributed by atoms with E-state index in [2.05, 4.69) is 15.6 Å². The number of nitrogens with zero attached hydrogens (tertiary/aromatic N) is 1. The number of carbonyl (C=O) groups excluding carboxylic acids is 1. The third kappa shape index (κ3) is 7.11. The van der Waals surface area contributed by atoms with Gasteiger partial charge in [-0.3, -0.25) is 4.79 Å². The zero-order valence-corrected chi connectivity index (χ0v) is 13.2. The lowest BCUT2D eigenvalue weighted by Crippen LogP contribution is -2.26. The van der Waals surface area contributed by atoms with Crippen LogP contribution in [0.3, 0.4) is 0 Å². The maximum absolute atomic E-state index is 11.6. The van der Waals surface area contributed by atoms with E-state index in [1.165, 1.54) is 6.42 Å². The third-order valence-electron chi connectivity index (χ3n) is 3.13. The summed E-state index contributed by atoms with van der Waals surface area (Å²) in [5.74, 6) is 0.887. The van der Waals surface area contributed by atoms with Crippen LogP contribution in [0.25, 0.3) is 0 Å². The van der Waals surface area contributed by atoms with Gasteiger partial charge < -0.3 is 10.6 Å². The van der Waals surface area contributed by atoms with E-state index in [1.54, 1.807) is 16.8 Å². The zero-order valence-electron chi connectivity index (χ0n) is 10.8. The van der Waals surface area contributed by atoms with Crippen LogP contribution in [0.4, 0.5) is 0 Å². The van der Waals surface area contributed by atoms with Gasteiger partial charge in [0.25, 0.3) is 0 Å². The monoisotopic (exact) mass is 325 g/mol. The molecule has 0 bridgehead atoms. The summed E-state index contributed by atoms with van der Waals surface area (Å²) in [5.41, 5.74) is 2.82. The summed E-state index contributed by atoms with van der Waals surface area (Å²) >= 11 is 1.58. The van der Waals surface area contributed by atoms with Gasteiger partial charge in [-0.1, -0.05) is 0 Å². The highest BCUT2D eigenvalue weighted by Crippen LogP contribution is 2.10. The number of halogens is 2. The molecule has 0 radical (unpaired) electrons. The molecule has 1 fully saturated rings. The smallest absolute Gasteiger partial charge is 0.220 e. The molecule has 1 atom stereocenters. The summed E-state index contributed by atoms with van der Waals surface area (Å²) in [6.07, 6.45) is 3.64. The molecular formula is C12H21Cl2N3OS. The van der Waals surface area contributed by atoms with Crippen LogP contribution in [0.1, 0.15) is 25.0 Å². The summed E-state index contributed by atoms with van der Waals surface area (Å²) < 4.78 is 0. The van der Waals surface area contributed by atoms with E-state index >= 15 is 0 Å². The lowest BCUT2D eigenvalue weighted by atomic mass is 10.1. The first-order chi connectivity index (χ1) is 8.34. The van der Waals surface area contributed by atoms with E-state index in [-0.39, 0.29) is 30.7 Å². The second-order valence-corrected chi connectivity index (χ2v) is 5.20. The van der Waals surface area contributed by atoms with Gasteiger partial charge in [0.2, 0.25) is 5.91 Å². The molecule has 1 aliphatic heterocycles. The predicted molar refractivity (Wildman–Crippen MR) is 83.5 cm³/mol. The Morgan fingerprint density at radius 2 is 2.37 bits per heavy atom. The van der Waals surface area contributed by atoms with Gasteiger partial charge in [0.15, 0.2) is 0 Å². The second kappa shape index (κ2) is 10.4. The molecule has 1 unspecified atom stereocenters. The Hall–Kier alpha value is -0.360. The van der Waals surface area contributed by atoms with Gasteiger partial charge in [-0.25, -0.2) is 4.98 Å². The average molecular weight is 326 g/mol. The molecule has 0 spiro atoms. The maximum atomic E-state index is 11.6. The molecule has 19 heavy (non-hydrogen) atoms. The Bertz CT molecular complexity index is 343. The minimum absolute atomic E-state index is 0. The number of thiazole rings is 1. The van der Waals surface area contributed by atoms with Crippen LogP contribution in [0.5, 0.6) is 0 Å². The molecule has 0 aromatic carbocycles. The van der Waals surface area contributed by atoms with Gasteiger partial charge in [0.05, 0.1) is 11.2 Å². The fourth-order valence-electron chi connectivity index (χ4n) is 2.07. The normalized spacial score (nSPS) is 17.4. The lowest BCUT2D eigenvalue weighted by Gasteiger charge is -2.08. The number of hydrogen-bond donors (Lipinski definition) is 2. The first-order valence-electron chi connectivity index (χ1n) is 6.19. The van der Waals surface area contributed by atoms with E-state index in [9.17, 15) is 4.79 Å². The highest BCUT2D eigenvalue weighted by atomic mass is 35.5. The largest absolute Gasteiger partial charge is 0.356 e. The number of amides is 1. The minimum atomic E-state index is 0. The number of aromatic nitrogens is 1. The van der Waals surface area contributed by atoms with Crippen molar-refractivity contribution in [3.05, 3.63) is 16.6 Å². The van der Waals surface area contributed by atoms with Crippen molar-refractivity contribution in [2.75, 3.05) is 19.6 Å². The van der Waals surface area contributed by atoms with Gasteiger partial charge in [-0.15, -0.1) is 36.2 Å². The first kappa shape index (κ1) is 18.6. The Morgan fingerprint density at radius 3 is 3.00 bits per heavy atom. The maximum Gasteiger partial charge on any atom is 0.220 e. The molecule has 1 aliphatic rings. The third-order valence-corrected chi connectivity index (χ3v) is 3.76. The Kier molecular flexibility index (Phi) is 10.2. The average Bonchev–Trinajstić information content (AvgIpc) is 2.99. The van der Waals surface area contributed by atoms with Crippen LogP contribution in [0.2, 0.25) is 0 Å². The van der Waals surface area contributed by atoms with E-state index < -0.39 is 0 Å². The number of rotatable bonds is 6. The molecule has 1 aromatic heterocycles. The van der Waals surface area contributed by atoms with Crippen LogP contribution in [-0.4, -0.2) is 30.5 Å². The fourth-order valence-corrected chi connectivity index (χ4v) is 2.66. The van der Waals surface area contributed by atoms with Crippen LogP contribution in [0, 0.1) is 5.92 Å². The molecule has 1 aromatic rings. The van der Waals surface area contributed by atoms with Crippen molar-refractivity contribution in [3.8, 4) is 0 Å². The molecule has 2 N–H and O–H groups in total. The summed E-state index contributed by atoms with van der Waals surface area (Å²) in [5, 5.41) is 8.31. The van der Waals surface area contributed by atoms with Crippen molar-refractivity contribution in [1.29, 1.82) is 0 Å². The molecule has 4 nitrogen and oxygen atoms in total. The Balaban J connectivity index is 0.00000162. The quantitative estimate of drug-likeness (QED) is 0.841. The van der Waals surface area contributed by atoms with Crippen LogP contribution in [-0.2, 0) is 11.2 Å². The predicted octanol–water partition coefficient (Wildman–Crippen LogP) is 2.04. The molecule has 0 saturated carbocycles. The van der Waals surface area contributed by atoms with Crippen molar-refractivity contribution in [2.24, 2.45) is 5.92 Å². The topological polar surface area (TPSA) is 54.0 Å². The molecule has 0 aliphatic carbocycles. The van der Waals surface area contributed by atoms with Gasteiger partial charge in [0.1, 0.15) is 0 Å². The summed E-state index contributed by atoms with van der Waals surface area (Å²) in [4.78, 5) is 15.7. The molecule has 110 valence electrons. The van der Waals surface area contributed by atoms with Crippen LogP contribution >= 0.6 is 36.2 Å². The number of hydrogen-bond acceptors (Lipinski definition) is 4.